The van der Waals surface area contributed by atoms with Gasteiger partial charge in [-0.15, -0.1) is 0 Å². The Morgan fingerprint density at radius 3 is 2.63 bits per heavy atom. The molecule has 8 heteroatoms. The number of carbonyl (C=O) groups is 3. The van der Waals surface area contributed by atoms with E-state index in [4.69, 9.17) is 11.6 Å². The fourth-order valence-corrected chi connectivity index (χ4v) is 3.41. The summed E-state index contributed by atoms with van der Waals surface area (Å²) in [6.45, 7) is 1.54. The van der Waals surface area contributed by atoms with Gasteiger partial charge in [0.05, 0.1) is 4.91 Å². The predicted octanol–water partition coefficient (Wildman–Crippen LogP) is 4.03. The fraction of sp³-hybridized carbons (Fsp3) is 0.105. The molecule has 3 rings (SSSR count). The van der Waals surface area contributed by atoms with Crippen LogP contribution in [0.2, 0.25) is 5.02 Å². The molecule has 1 fully saturated rings. The number of benzene rings is 2. The molecular weight excluding hydrogens is 388 g/mol. The Bertz CT molecular complexity index is 957. The molecule has 0 radical (unpaired) electrons. The number of anilines is 1. The number of amides is 3. The summed E-state index contributed by atoms with van der Waals surface area (Å²) in [5.74, 6) is -1.14. The van der Waals surface area contributed by atoms with Gasteiger partial charge in [-0.3, -0.25) is 19.3 Å². The van der Waals surface area contributed by atoms with Crippen LogP contribution >= 0.6 is 23.4 Å². The minimum Gasteiger partial charge on any atom is -0.507 e. The van der Waals surface area contributed by atoms with Gasteiger partial charge in [0.25, 0.3) is 11.1 Å². The first-order valence-electron chi connectivity index (χ1n) is 7.94. The Morgan fingerprint density at radius 2 is 1.93 bits per heavy atom. The third-order valence-electron chi connectivity index (χ3n) is 3.79. The van der Waals surface area contributed by atoms with Crippen molar-refractivity contribution in [2.45, 2.75) is 6.92 Å². The van der Waals surface area contributed by atoms with Crippen LogP contribution in [0.1, 0.15) is 11.1 Å². The molecule has 0 aliphatic carbocycles. The zero-order valence-electron chi connectivity index (χ0n) is 14.2. The van der Waals surface area contributed by atoms with Crippen molar-refractivity contribution >= 4 is 52.2 Å². The highest BCUT2D eigenvalue weighted by Gasteiger charge is 2.36. The molecule has 0 saturated carbocycles. The van der Waals surface area contributed by atoms with Crippen LogP contribution in [0.3, 0.4) is 0 Å². The maximum absolute atomic E-state index is 12.5. The SMILES string of the molecule is Cc1ccc(NC(=O)CN2C(=O)S/C(=C\c3cc(Cl)ccc3O)C2=O)cc1. The van der Waals surface area contributed by atoms with Crippen molar-refractivity contribution in [1.82, 2.24) is 4.90 Å². The molecule has 3 amide bonds. The average molecular weight is 403 g/mol. The van der Waals surface area contributed by atoms with Gasteiger partial charge in [0.1, 0.15) is 12.3 Å². The minimum absolute atomic E-state index is 0.0664. The number of hydrogen-bond acceptors (Lipinski definition) is 5. The second-order valence-electron chi connectivity index (χ2n) is 5.89. The largest absolute Gasteiger partial charge is 0.507 e. The standard InChI is InChI=1S/C19H15ClN2O4S/c1-11-2-5-14(6-3-11)21-17(24)10-22-18(25)16(27-19(22)26)9-12-8-13(20)4-7-15(12)23/h2-9,23H,10H2,1H3,(H,21,24)/b16-9-. The molecule has 1 aliphatic rings. The van der Waals surface area contributed by atoms with E-state index in [0.29, 0.717) is 28.0 Å². The summed E-state index contributed by atoms with van der Waals surface area (Å²) in [4.78, 5) is 37.7. The Kier molecular flexibility index (Phi) is 5.53. The van der Waals surface area contributed by atoms with Crippen LogP contribution in [0.25, 0.3) is 6.08 Å². The normalized spacial score (nSPS) is 15.5. The first kappa shape index (κ1) is 19.0. The summed E-state index contributed by atoms with van der Waals surface area (Å²) in [7, 11) is 0. The zero-order chi connectivity index (χ0) is 19.6. The van der Waals surface area contributed by atoms with Gasteiger partial charge in [-0.25, -0.2) is 0 Å². The first-order chi connectivity index (χ1) is 12.8. The number of imide groups is 1. The van der Waals surface area contributed by atoms with Gasteiger partial charge in [-0.05, 0) is 55.1 Å². The molecule has 1 heterocycles. The van der Waals surface area contributed by atoms with Crippen molar-refractivity contribution in [3.8, 4) is 5.75 Å². The summed E-state index contributed by atoms with van der Waals surface area (Å²) in [6, 6.07) is 11.6. The molecule has 0 spiro atoms. The zero-order valence-corrected chi connectivity index (χ0v) is 15.8. The van der Waals surface area contributed by atoms with Crippen LogP contribution in [-0.4, -0.2) is 33.6 Å². The summed E-state index contributed by atoms with van der Waals surface area (Å²) in [5, 5.41) is 12.3. The Morgan fingerprint density at radius 1 is 1.22 bits per heavy atom. The monoisotopic (exact) mass is 402 g/mol. The summed E-state index contributed by atoms with van der Waals surface area (Å²) in [5.41, 5.74) is 1.95. The Balaban J connectivity index is 1.72. The topological polar surface area (TPSA) is 86.7 Å². The van der Waals surface area contributed by atoms with Crippen molar-refractivity contribution in [1.29, 1.82) is 0 Å². The predicted molar refractivity (Wildman–Crippen MR) is 106 cm³/mol. The molecule has 1 aliphatic heterocycles. The number of rotatable bonds is 4. The second kappa shape index (κ2) is 7.85. The van der Waals surface area contributed by atoms with Crippen LogP contribution in [0.15, 0.2) is 47.4 Å². The molecule has 0 unspecified atom stereocenters. The van der Waals surface area contributed by atoms with E-state index >= 15 is 0 Å². The molecule has 6 nitrogen and oxygen atoms in total. The van der Waals surface area contributed by atoms with Crippen molar-refractivity contribution in [2.24, 2.45) is 0 Å². The molecule has 0 atom stereocenters. The van der Waals surface area contributed by atoms with E-state index in [-0.39, 0.29) is 10.7 Å². The molecule has 1 saturated heterocycles. The lowest BCUT2D eigenvalue weighted by molar-refractivity contribution is -0.127. The van der Waals surface area contributed by atoms with Crippen LogP contribution < -0.4 is 5.32 Å². The number of halogens is 1. The van der Waals surface area contributed by atoms with Crippen molar-refractivity contribution in [3.05, 3.63) is 63.5 Å². The van der Waals surface area contributed by atoms with E-state index in [9.17, 15) is 19.5 Å². The number of phenolic OH excluding ortho intramolecular Hbond substituents is 1. The van der Waals surface area contributed by atoms with Crippen LogP contribution in [-0.2, 0) is 9.59 Å². The van der Waals surface area contributed by atoms with Crippen LogP contribution in [0, 0.1) is 6.92 Å². The molecule has 138 valence electrons. The summed E-state index contributed by atoms with van der Waals surface area (Å²) in [6.07, 6.45) is 1.38. The Hall–Kier alpha value is -2.77. The lowest BCUT2D eigenvalue weighted by Gasteiger charge is -2.12. The van der Waals surface area contributed by atoms with Gasteiger partial charge in [-0.2, -0.15) is 0 Å². The smallest absolute Gasteiger partial charge is 0.294 e. The lowest BCUT2D eigenvalue weighted by Crippen LogP contribution is -2.36. The van der Waals surface area contributed by atoms with Gasteiger partial charge in [0.15, 0.2) is 0 Å². The maximum atomic E-state index is 12.5. The van der Waals surface area contributed by atoms with E-state index in [1.54, 1.807) is 12.1 Å². The molecule has 2 aromatic rings. The molecule has 27 heavy (non-hydrogen) atoms. The van der Waals surface area contributed by atoms with E-state index in [2.05, 4.69) is 5.32 Å². The molecule has 0 aromatic heterocycles. The van der Waals surface area contributed by atoms with Gasteiger partial charge in [-0.1, -0.05) is 29.3 Å². The van der Waals surface area contributed by atoms with Crippen LogP contribution in [0.5, 0.6) is 5.75 Å². The van der Waals surface area contributed by atoms with E-state index in [1.807, 2.05) is 19.1 Å². The Labute approximate surface area is 164 Å². The first-order valence-corrected chi connectivity index (χ1v) is 9.13. The van der Waals surface area contributed by atoms with Crippen LogP contribution in [0.4, 0.5) is 10.5 Å². The van der Waals surface area contributed by atoms with Crippen molar-refractivity contribution in [2.75, 3.05) is 11.9 Å². The van der Waals surface area contributed by atoms with Gasteiger partial charge in [0.2, 0.25) is 5.91 Å². The van der Waals surface area contributed by atoms with E-state index in [1.165, 1.54) is 24.3 Å². The third kappa shape index (κ3) is 4.50. The lowest BCUT2D eigenvalue weighted by atomic mass is 10.2. The average Bonchev–Trinajstić information content (AvgIpc) is 2.87. The van der Waals surface area contributed by atoms with E-state index in [0.717, 1.165) is 10.5 Å². The number of phenols is 1. The number of aromatic hydroxyl groups is 1. The quantitative estimate of drug-likeness (QED) is 0.754. The number of thioether (sulfide) groups is 1. The summed E-state index contributed by atoms with van der Waals surface area (Å²) < 4.78 is 0. The van der Waals surface area contributed by atoms with E-state index < -0.39 is 23.6 Å². The second-order valence-corrected chi connectivity index (χ2v) is 7.31. The highest BCUT2D eigenvalue weighted by Crippen LogP contribution is 2.34. The molecule has 2 N–H and O–H groups in total. The molecular formula is C19H15ClN2O4S. The number of nitrogens with zero attached hydrogens (tertiary/aromatic N) is 1. The number of nitrogens with one attached hydrogen (secondary N) is 1. The maximum Gasteiger partial charge on any atom is 0.294 e. The van der Waals surface area contributed by atoms with Gasteiger partial charge >= 0.3 is 0 Å². The number of hydrogen-bond donors (Lipinski definition) is 2. The molecule has 2 aromatic carbocycles. The summed E-state index contributed by atoms with van der Waals surface area (Å²) >= 11 is 6.59. The fourth-order valence-electron chi connectivity index (χ4n) is 2.40. The number of aryl methyl sites for hydroxylation is 1. The third-order valence-corrected chi connectivity index (χ3v) is 4.93. The minimum atomic E-state index is -0.594. The van der Waals surface area contributed by atoms with Gasteiger partial charge < -0.3 is 10.4 Å². The van der Waals surface area contributed by atoms with Crippen molar-refractivity contribution < 1.29 is 19.5 Å². The van der Waals surface area contributed by atoms with Gasteiger partial charge in [0, 0.05) is 16.3 Å². The van der Waals surface area contributed by atoms with Crippen molar-refractivity contribution in [3.63, 3.8) is 0 Å². The highest BCUT2D eigenvalue weighted by molar-refractivity contribution is 8.18. The number of carbonyl (C=O) groups excluding carboxylic acids is 3. The molecule has 0 bridgehead atoms. The highest BCUT2D eigenvalue weighted by atomic mass is 35.5.